The van der Waals surface area contributed by atoms with E-state index >= 15 is 0 Å². The van der Waals surface area contributed by atoms with Crippen molar-refractivity contribution in [3.8, 4) is 0 Å². The van der Waals surface area contributed by atoms with Gasteiger partial charge in [-0.05, 0) is 63.4 Å². The number of rotatable bonds is 6. The molecule has 0 bridgehead atoms. The molecule has 144 valence electrons. The van der Waals surface area contributed by atoms with Gasteiger partial charge in [0.15, 0.2) is 0 Å². The van der Waals surface area contributed by atoms with E-state index in [2.05, 4.69) is 4.72 Å². The number of hydrogen-bond acceptors (Lipinski definition) is 3. The summed E-state index contributed by atoms with van der Waals surface area (Å²) >= 11 is 0. The number of anilines is 1. The van der Waals surface area contributed by atoms with Gasteiger partial charge in [0.1, 0.15) is 0 Å². The maximum absolute atomic E-state index is 12.8. The van der Waals surface area contributed by atoms with Crippen LogP contribution >= 0.6 is 0 Å². The number of nitrogens with one attached hydrogen (secondary N) is 1. The molecular formula is C21H26N2O3S. The Morgan fingerprint density at radius 1 is 1.04 bits per heavy atom. The van der Waals surface area contributed by atoms with Crippen molar-refractivity contribution in [2.75, 3.05) is 11.4 Å². The molecule has 1 fully saturated rings. The Labute approximate surface area is 161 Å². The van der Waals surface area contributed by atoms with E-state index in [1.165, 1.54) is 5.56 Å². The van der Waals surface area contributed by atoms with Gasteiger partial charge in [0.05, 0.1) is 4.90 Å². The molecule has 3 rings (SSSR count). The van der Waals surface area contributed by atoms with Crippen LogP contribution < -0.4 is 9.62 Å². The van der Waals surface area contributed by atoms with Crippen molar-refractivity contribution in [3.05, 3.63) is 59.7 Å². The lowest BCUT2D eigenvalue weighted by molar-refractivity contribution is -0.117. The highest BCUT2D eigenvalue weighted by molar-refractivity contribution is 7.89. The zero-order valence-electron chi connectivity index (χ0n) is 16.0. The quantitative estimate of drug-likeness (QED) is 0.827. The molecule has 27 heavy (non-hydrogen) atoms. The number of nitrogens with zero attached hydrogens (tertiary/aromatic N) is 1. The third-order valence-electron chi connectivity index (χ3n) is 4.71. The molecule has 1 heterocycles. The van der Waals surface area contributed by atoms with Crippen LogP contribution in [0.25, 0.3) is 0 Å². The van der Waals surface area contributed by atoms with Crippen LogP contribution in [0.1, 0.15) is 37.8 Å². The predicted octanol–water partition coefficient (Wildman–Crippen LogP) is 3.42. The molecule has 2 aromatic carbocycles. The summed E-state index contributed by atoms with van der Waals surface area (Å²) in [6.07, 6.45) is 1.98. The van der Waals surface area contributed by atoms with Crippen molar-refractivity contribution in [2.24, 2.45) is 0 Å². The first-order valence-corrected chi connectivity index (χ1v) is 10.6. The van der Waals surface area contributed by atoms with Crippen molar-refractivity contribution in [1.82, 2.24) is 4.72 Å². The van der Waals surface area contributed by atoms with E-state index in [9.17, 15) is 13.2 Å². The number of benzene rings is 2. The number of amides is 1. The normalized spacial score (nSPS) is 15.4. The molecule has 0 unspecified atom stereocenters. The average Bonchev–Trinajstić information content (AvgIpc) is 3.02. The van der Waals surface area contributed by atoms with Crippen LogP contribution in [0.4, 0.5) is 5.69 Å². The second-order valence-electron chi connectivity index (χ2n) is 7.79. The fraction of sp³-hybridized carbons (Fsp3) is 0.381. The Bertz CT molecular complexity index is 917. The van der Waals surface area contributed by atoms with Crippen LogP contribution in [0.5, 0.6) is 0 Å². The fourth-order valence-electron chi connectivity index (χ4n) is 3.40. The van der Waals surface area contributed by atoms with E-state index in [0.717, 1.165) is 17.7 Å². The lowest BCUT2D eigenvalue weighted by Crippen LogP contribution is -2.45. The molecule has 0 spiro atoms. The lowest BCUT2D eigenvalue weighted by Gasteiger charge is -2.26. The monoisotopic (exact) mass is 386 g/mol. The number of sulfonamides is 1. The SMILES string of the molecule is Cc1ccc(CC(C)(C)NS(=O)(=O)c2ccc(N3CCCC3=O)cc2)cc1. The van der Waals surface area contributed by atoms with E-state index in [1.54, 1.807) is 29.2 Å². The van der Waals surface area contributed by atoms with Gasteiger partial charge in [-0.3, -0.25) is 4.79 Å². The Morgan fingerprint density at radius 2 is 1.67 bits per heavy atom. The van der Waals surface area contributed by atoms with Crippen molar-refractivity contribution in [3.63, 3.8) is 0 Å². The first kappa shape index (κ1) is 19.6. The van der Waals surface area contributed by atoms with E-state index in [0.29, 0.717) is 19.4 Å². The number of carbonyl (C=O) groups excluding carboxylic acids is 1. The third-order valence-corrected chi connectivity index (χ3v) is 6.42. The van der Waals surface area contributed by atoms with Gasteiger partial charge in [-0.2, -0.15) is 0 Å². The van der Waals surface area contributed by atoms with Crippen molar-refractivity contribution in [1.29, 1.82) is 0 Å². The van der Waals surface area contributed by atoms with E-state index in [-0.39, 0.29) is 10.8 Å². The molecule has 0 saturated carbocycles. The second kappa shape index (κ2) is 7.44. The lowest BCUT2D eigenvalue weighted by atomic mass is 9.96. The molecule has 0 aromatic heterocycles. The summed E-state index contributed by atoms with van der Waals surface area (Å²) in [4.78, 5) is 13.7. The van der Waals surface area contributed by atoms with E-state index in [1.807, 2.05) is 45.0 Å². The summed E-state index contributed by atoms with van der Waals surface area (Å²) in [5.41, 5.74) is 2.37. The Balaban J connectivity index is 1.73. The molecule has 1 amide bonds. The minimum atomic E-state index is -3.65. The molecule has 0 aliphatic carbocycles. The summed E-state index contributed by atoms with van der Waals surface area (Å²) in [5, 5.41) is 0. The van der Waals surface area contributed by atoms with Gasteiger partial charge < -0.3 is 4.90 Å². The summed E-state index contributed by atoms with van der Waals surface area (Å²) < 4.78 is 28.4. The molecule has 5 nitrogen and oxygen atoms in total. The average molecular weight is 387 g/mol. The maximum atomic E-state index is 12.8. The van der Waals surface area contributed by atoms with Gasteiger partial charge >= 0.3 is 0 Å². The minimum absolute atomic E-state index is 0.0861. The molecule has 2 aromatic rings. The maximum Gasteiger partial charge on any atom is 0.241 e. The van der Waals surface area contributed by atoms with Crippen molar-refractivity contribution in [2.45, 2.75) is 50.5 Å². The van der Waals surface area contributed by atoms with Gasteiger partial charge in [0, 0.05) is 24.2 Å². The van der Waals surface area contributed by atoms with Crippen LogP contribution in [-0.4, -0.2) is 26.4 Å². The summed E-state index contributed by atoms with van der Waals surface area (Å²) in [7, 11) is -3.65. The fourth-order valence-corrected chi connectivity index (χ4v) is 4.81. The van der Waals surface area contributed by atoms with Crippen molar-refractivity contribution < 1.29 is 13.2 Å². The highest BCUT2D eigenvalue weighted by Crippen LogP contribution is 2.24. The molecular weight excluding hydrogens is 360 g/mol. The zero-order valence-corrected chi connectivity index (χ0v) is 16.8. The summed E-state index contributed by atoms with van der Waals surface area (Å²) in [6, 6.07) is 14.6. The van der Waals surface area contributed by atoms with Crippen LogP contribution in [0, 0.1) is 6.92 Å². The topological polar surface area (TPSA) is 66.5 Å². The molecule has 1 N–H and O–H groups in total. The van der Waals surface area contributed by atoms with Gasteiger partial charge in [-0.15, -0.1) is 0 Å². The number of aryl methyl sites for hydroxylation is 1. The Morgan fingerprint density at radius 3 is 2.22 bits per heavy atom. The Kier molecular flexibility index (Phi) is 5.40. The smallest absolute Gasteiger partial charge is 0.241 e. The van der Waals surface area contributed by atoms with Gasteiger partial charge in [-0.25, -0.2) is 13.1 Å². The highest BCUT2D eigenvalue weighted by Gasteiger charge is 2.27. The molecule has 0 radical (unpaired) electrons. The number of hydrogen-bond donors (Lipinski definition) is 1. The Hall–Kier alpha value is -2.18. The molecule has 6 heteroatoms. The van der Waals surface area contributed by atoms with Crippen LogP contribution in [0.3, 0.4) is 0 Å². The highest BCUT2D eigenvalue weighted by atomic mass is 32.2. The van der Waals surface area contributed by atoms with Crippen LogP contribution in [-0.2, 0) is 21.2 Å². The number of carbonyl (C=O) groups is 1. The predicted molar refractivity (Wildman–Crippen MR) is 107 cm³/mol. The third kappa shape index (κ3) is 4.76. The first-order chi connectivity index (χ1) is 12.7. The largest absolute Gasteiger partial charge is 0.312 e. The molecule has 0 atom stereocenters. The van der Waals surface area contributed by atoms with Gasteiger partial charge in [0.2, 0.25) is 15.9 Å². The zero-order chi connectivity index (χ0) is 19.7. The molecule has 1 saturated heterocycles. The second-order valence-corrected chi connectivity index (χ2v) is 9.48. The van der Waals surface area contributed by atoms with Crippen molar-refractivity contribution >= 4 is 21.6 Å². The standard InChI is InChI=1S/C21H26N2O3S/c1-16-6-8-17(9-7-16)15-21(2,3)22-27(25,26)19-12-10-18(11-13-19)23-14-4-5-20(23)24/h6-13,22H,4-5,14-15H2,1-3H3. The molecule has 1 aliphatic rings. The van der Waals surface area contributed by atoms with Crippen LogP contribution in [0.15, 0.2) is 53.4 Å². The van der Waals surface area contributed by atoms with Crippen LogP contribution in [0.2, 0.25) is 0 Å². The summed E-state index contributed by atoms with van der Waals surface area (Å²) in [5.74, 6) is 0.0861. The van der Waals surface area contributed by atoms with Gasteiger partial charge in [0.25, 0.3) is 0 Å². The summed E-state index contributed by atoms with van der Waals surface area (Å²) in [6.45, 7) is 6.47. The first-order valence-electron chi connectivity index (χ1n) is 9.16. The van der Waals surface area contributed by atoms with E-state index < -0.39 is 15.6 Å². The molecule has 1 aliphatic heterocycles. The minimum Gasteiger partial charge on any atom is -0.312 e. The van der Waals surface area contributed by atoms with E-state index in [4.69, 9.17) is 0 Å². The van der Waals surface area contributed by atoms with Gasteiger partial charge in [-0.1, -0.05) is 29.8 Å².